The van der Waals surface area contributed by atoms with Crippen LogP contribution in [0.25, 0.3) is 10.9 Å². The first kappa shape index (κ1) is 14.6. The van der Waals surface area contributed by atoms with E-state index in [9.17, 15) is 15.0 Å². The van der Waals surface area contributed by atoms with Gasteiger partial charge in [0.25, 0.3) is 0 Å². The normalized spacial score (nSPS) is 12.8. The van der Waals surface area contributed by atoms with E-state index in [1.807, 2.05) is 13.8 Å². The number of rotatable bonds is 4. The summed E-state index contributed by atoms with van der Waals surface area (Å²) in [6, 6.07) is 3.42. The van der Waals surface area contributed by atoms with Crippen molar-refractivity contribution in [2.75, 3.05) is 0 Å². The number of aliphatic hydroxyl groups excluding tert-OH is 1. The first-order chi connectivity index (χ1) is 9.42. The highest BCUT2D eigenvalue weighted by Crippen LogP contribution is 2.34. The standard InChI is InChI=1S/C16H21NO3/c1-5-11-7-12(16(19)20)8-13-14(10(4)18)9(3)17(6-2)15(11)13/h7-8,10,18H,5-6H2,1-4H3,(H,19,20). The van der Waals surface area contributed by atoms with Gasteiger partial charge in [-0.05, 0) is 44.9 Å². The van der Waals surface area contributed by atoms with Gasteiger partial charge in [-0.15, -0.1) is 0 Å². The van der Waals surface area contributed by atoms with E-state index >= 15 is 0 Å². The van der Waals surface area contributed by atoms with Crippen molar-refractivity contribution < 1.29 is 15.0 Å². The van der Waals surface area contributed by atoms with Gasteiger partial charge in [0, 0.05) is 23.2 Å². The predicted molar refractivity (Wildman–Crippen MR) is 79.3 cm³/mol. The second-order valence-electron chi connectivity index (χ2n) is 5.11. The molecule has 1 atom stereocenters. The molecule has 0 fully saturated rings. The number of carboxylic acids is 1. The highest BCUT2D eigenvalue weighted by Gasteiger charge is 2.20. The van der Waals surface area contributed by atoms with Crippen molar-refractivity contribution in [1.29, 1.82) is 0 Å². The number of benzene rings is 1. The van der Waals surface area contributed by atoms with Gasteiger partial charge in [0.05, 0.1) is 17.2 Å². The number of aliphatic hydroxyl groups is 1. The van der Waals surface area contributed by atoms with Crippen LogP contribution >= 0.6 is 0 Å². The van der Waals surface area contributed by atoms with Crippen molar-refractivity contribution in [1.82, 2.24) is 4.57 Å². The van der Waals surface area contributed by atoms with Crippen LogP contribution in [0.1, 0.15) is 54.1 Å². The zero-order valence-electron chi connectivity index (χ0n) is 12.4. The van der Waals surface area contributed by atoms with Crippen molar-refractivity contribution in [3.63, 3.8) is 0 Å². The Morgan fingerprint density at radius 3 is 2.45 bits per heavy atom. The summed E-state index contributed by atoms with van der Waals surface area (Å²) in [4.78, 5) is 11.3. The summed E-state index contributed by atoms with van der Waals surface area (Å²) in [6.45, 7) is 8.58. The number of fused-ring (bicyclic) bond motifs is 1. The van der Waals surface area contributed by atoms with Crippen molar-refractivity contribution in [3.8, 4) is 0 Å². The molecule has 0 bridgehead atoms. The number of aryl methyl sites for hydroxylation is 2. The van der Waals surface area contributed by atoms with Gasteiger partial charge in [-0.2, -0.15) is 0 Å². The highest BCUT2D eigenvalue weighted by molar-refractivity contribution is 5.97. The third kappa shape index (κ3) is 2.10. The van der Waals surface area contributed by atoms with Crippen molar-refractivity contribution in [2.45, 2.75) is 46.8 Å². The molecule has 0 aliphatic carbocycles. The van der Waals surface area contributed by atoms with E-state index in [1.54, 1.807) is 19.1 Å². The van der Waals surface area contributed by atoms with Gasteiger partial charge in [-0.1, -0.05) is 6.92 Å². The molecule has 1 unspecified atom stereocenters. The van der Waals surface area contributed by atoms with Gasteiger partial charge >= 0.3 is 5.97 Å². The minimum Gasteiger partial charge on any atom is -0.478 e. The van der Waals surface area contributed by atoms with Gasteiger partial charge in [0.1, 0.15) is 0 Å². The monoisotopic (exact) mass is 275 g/mol. The molecule has 2 N–H and O–H groups in total. The van der Waals surface area contributed by atoms with E-state index < -0.39 is 12.1 Å². The molecule has 0 saturated carbocycles. The summed E-state index contributed by atoms with van der Waals surface area (Å²) in [6.07, 6.45) is 0.152. The van der Waals surface area contributed by atoms with Crippen LogP contribution in [-0.4, -0.2) is 20.7 Å². The number of nitrogens with zero attached hydrogens (tertiary/aromatic N) is 1. The van der Waals surface area contributed by atoms with Crippen LogP contribution in [0.2, 0.25) is 0 Å². The Kier molecular flexibility index (Phi) is 3.86. The molecule has 4 nitrogen and oxygen atoms in total. The first-order valence-electron chi connectivity index (χ1n) is 6.99. The first-order valence-corrected chi connectivity index (χ1v) is 6.99. The summed E-state index contributed by atoms with van der Waals surface area (Å²) >= 11 is 0. The average molecular weight is 275 g/mol. The zero-order chi connectivity index (χ0) is 15.0. The van der Waals surface area contributed by atoms with Crippen LogP contribution in [-0.2, 0) is 13.0 Å². The maximum absolute atomic E-state index is 11.3. The van der Waals surface area contributed by atoms with Crippen LogP contribution in [0.3, 0.4) is 0 Å². The lowest BCUT2D eigenvalue weighted by molar-refractivity contribution is 0.0697. The van der Waals surface area contributed by atoms with Crippen molar-refractivity contribution in [3.05, 3.63) is 34.5 Å². The molecule has 20 heavy (non-hydrogen) atoms. The number of hydrogen-bond donors (Lipinski definition) is 2. The molecule has 0 amide bonds. The second kappa shape index (κ2) is 5.29. The molecule has 0 aliphatic heterocycles. The molecule has 0 aliphatic rings. The zero-order valence-corrected chi connectivity index (χ0v) is 12.4. The summed E-state index contributed by atoms with van der Waals surface area (Å²) < 4.78 is 2.15. The third-order valence-corrected chi connectivity index (χ3v) is 3.91. The fourth-order valence-corrected chi connectivity index (χ4v) is 3.04. The quantitative estimate of drug-likeness (QED) is 0.900. The molecule has 2 aromatic rings. The minimum absolute atomic E-state index is 0.282. The fraction of sp³-hybridized carbons (Fsp3) is 0.438. The van der Waals surface area contributed by atoms with Crippen LogP contribution in [0.15, 0.2) is 12.1 Å². The Bertz CT molecular complexity index is 668. The molecule has 2 rings (SSSR count). The van der Waals surface area contributed by atoms with E-state index in [4.69, 9.17) is 0 Å². The van der Waals surface area contributed by atoms with E-state index in [0.29, 0.717) is 0 Å². The number of carbonyl (C=O) groups is 1. The van der Waals surface area contributed by atoms with Gasteiger partial charge in [0.2, 0.25) is 0 Å². The minimum atomic E-state index is -0.931. The number of hydrogen-bond acceptors (Lipinski definition) is 2. The van der Waals surface area contributed by atoms with Crippen molar-refractivity contribution >= 4 is 16.9 Å². The number of aromatic carboxylic acids is 1. The third-order valence-electron chi connectivity index (χ3n) is 3.91. The Hall–Kier alpha value is -1.81. The Morgan fingerprint density at radius 1 is 1.35 bits per heavy atom. The number of carboxylic acid groups (broad SMARTS) is 1. The van der Waals surface area contributed by atoms with Crippen LogP contribution in [0, 0.1) is 6.92 Å². The maximum Gasteiger partial charge on any atom is 0.335 e. The van der Waals surface area contributed by atoms with Crippen LogP contribution < -0.4 is 0 Å². The van der Waals surface area contributed by atoms with E-state index in [0.717, 1.165) is 40.7 Å². The molecule has 0 saturated heterocycles. The largest absolute Gasteiger partial charge is 0.478 e. The Balaban J connectivity index is 2.96. The summed E-state index contributed by atoms with van der Waals surface area (Å²) in [5.41, 5.74) is 4.18. The summed E-state index contributed by atoms with van der Waals surface area (Å²) in [5, 5.41) is 20.2. The molecular weight excluding hydrogens is 254 g/mol. The van der Waals surface area contributed by atoms with Crippen molar-refractivity contribution in [2.24, 2.45) is 0 Å². The molecule has 108 valence electrons. The average Bonchev–Trinajstić information content (AvgIpc) is 2.68. The van der Waals surface area contributed by atoms with E-state index in [-0.39, 0.29) is 5.56 Å². The predicted octanol–water partition coefficient (Wildman–Crippen LogP) is 3.28. The van der Waals surface area contributed by atoms with E-state index in [2.05, 4.69) is 11.5 Å². The summed E-state index contributed by atoms with van der Waals surface area (Å²) in [5.74, 6) is -0.931. The van der Waals surface area contributed by atoms with Crippen LogP contribution in [0.4, 0.5) is 0 Å². The van der Waals surface area contributed by atoms with Crippen LogP contribution in [0.5, 0.6) is 0 Å². The molecular formula is C16H21NO3. The molecule has 1 aromatic carbocycles. The second-order valence-corrected chi connectivity index (χ2v) is 5.11. The molecule has 1 aromatic heterocycles. The fourth-order valence-electron chi connectivity index (χ4n) is 3.04. The lowest BCUT2D eigenvalue weighted by atomic mass is 10.00. The molecule has 0 spiro atoms. The van der Waals surface area contributed by atoms with Gasteiger partial charge in [-0.3, -0.25) is 0 Å². The maximum atomic E-state index is 11.3. The highest BCUT2D eigenvalue weighted by atomic mass is 16.4. The Labute approximate surface area is 118 Å². The topological polar surface area (TPSA) is 62.5 Å². The smallest absolute Gasteiger partial charge is 0.335 e. The number of aromatic nitrogens is 1. The lowest BCUT2D eigenvalue weighted by Crippen LogP contribution is -2.02. The van der Waals surface area contributed by atoms with Gasteiger partial charge in [-0.25, -0.2) is 4.79 Å². The SMILES string of the molecule is CCc1cc(C(=O)O)cc2c(C(C)O)c(C)n(CC)c12. The van der Waals surface area contributed by atoms with E-state index in [1.165, 1.54) is 0 Å². The van der Waals surface area contributed by atoms with Gasteiger partial charge in [0.15, 0.2) is 0 Å². The lowest BCUT2D eigenvalue weighted by Gasteiger charge is -2.09. The molecule has 0 radical (unpaired) electrons. The van der Waals surface area contributed by atoms with Gasteiger partial charge < -0.3 is 14.8 Å². The summed E-state index contributed by atoms with van der Waals surface area (Å²) in [7, 11) is 0. The Morgan fingerprint density at radius 2 is 2.00 bits per heavy atom. The molecule has 4 heteroatoms. The molecule has 1 heterocycles.